The summed E-state index contributed by atoms with van der Waals surface area (Å²) in [5.41, 5.74) is 0.823. The van der Waals surface area contributed by atoms with Crippen LogP contribution in [0.2, 0.25) is 0 Å². The summed E-state index contributed by atoms with van der Waals surface area (Å²) >= 11 is 0. The third-order valence-electron chi connectivity index (χ3n) is 3.27. The summed E-state index contributed by atoms with van der Waals surface area (Å²) in [5, 5.41) is 0. The minimum atomic E-state index is -0.457. The molecule has 1 heterocycles. The van der Waals surface area contributed by atoms with Gasteiger partial charge in [0.05, 0.1) is 17.4 Å². The van der Waals surface area contributed by atoms with E-state index in [9.17, 15) is 9.18 Å². The molecule has 0 N–H and O–H groups in total. The number of piperidine rings is 1. The molecule has 1 fully saturated rings. The smallest absolute Gasteiger partial charge is 0.155 e. The number of hydrogen-bond donors (Lipinski definition) is 0. The average molecular weight is 251 g/mol. The summed E-state index contributed by atoms with van der Waals surface area (Å²) < 4.78 is 19.2. The van der Waals surface area contributed by atoms with Gasteiger partial charge in [-0.15, -0.1) is 0 Å². The lowest BCUT2D eigenvalue weighted by Gasteiger charge is -2.34. The number of rotatable bonds is 4. The fraction of sp³-hybridized carbons (Fsp3) is 0.500. The molecule has 18 heavy (non-hydrogen) atoms. The Labute approximate surface area is 107 Å². The predicted molar refractivity (Wildman–Crippen MR) is 68.6 cm³/mol. The van der Waals surface area contributed by atoms with E-state index in [0.29, 0.717) is 18.6 Å². The largest absolute Gasteiger partial charge is 0.377 e. The number of carbonyl (C=O) groups is 1. The van der Waals surface area contributed by atoms with Gasteiger partial charge in [-0.1, -0.05) is 6.07 Å². The average Bonchev–Trinajstić information content (AvgIpc) is 2.39. The van der Waals surface area contributed by atoms with Gasteiger partial charge in [-0.3, -0.25) is 4.79 Å². The molecule has 4 heteroatoms. The highest BCUT2D eigenvalue weighted by Gasteiger charge is 2.22. The molecule has 0 amide bonds. The molecule has 0 aliphatic carbocycles. The van der Waals surface area contributed by atoms with Crippen LogP contribution in [0.1, 0.15) is 30.1 Å². The number of carbonyl (C=O) groups excluding carboxylic acids is 1. The van der Waals surface area contributed by atoms with E-state index in [0.717, 1.165) is 25.9 Å². The molecule has 1 aromatic carbocycles. The summed E-state index contributed by atoms with van der Waals surface area (Å²) in [5.74, 6) is -0.457. The van der Waals surface area contributed by atoms with Crippen LogP contribution < -0.4 is 4.90 Å². The first-order valence-electron chi connectivity index (χ1n) is 6.36. The molecule has 1 aromatic rings. The minimum absolute atomic E-state index is 0.148. The zero-order valence-electron chi connectivity index (χ0n) is 10.6. The lowest BCUT2D eigenvalue weighted by Crippen LogP contribution is -2.40. The summed E-state index contributed by atoms with van der Waals surface area (Å²) in [6, 6.07) is 4.75. The molecule has 0 radical (unpaired) electrons. The van der Waals surface area contributed by atoms with Gasteiger partial charge in [0.15, 0.2) is 6.29 Å². The number of anilines is 1. The van der Waals surface area contributed by atoms with Crippen molar-refractivity contribution in [3.63, 3.8) is 0 Å². The first-order chi connectivity index (χ1) is 8.76. The van der Waals surface area contributed by atoms with E-state index in [-0.39, 0.29) is 11.7 Å². The van der Waals surface area contributed by atoms with Gasteiger partial charge < -0.3 is 9.64 Å². The van der Waals surface area contributed by atoms with Crippen molar-refractivity contribution in [2.75, 3.05) is 24.6 Å². The number of nitrogens with zero attached hydrogens (tertiary/aromatic N) is 1. The van der Waals surface area contributed by atoms with Gasteiger partial charge in [0, 0.05) is 19.7 Å². The second-order valence-electron chi connectivity index (χ2n) is 4.46. The monoisotopic (exact) mass is 251 g/mol. The van der Waals surface area contributed by atoms with E-state index in [4.69, 9.17) is 4.74 Å². The maximum absolute atomic E-state index is 13.6. The van der Waals surface area contributed by atoms with Gasteiger partial charge in [-0.05, 0) is 31.9 Å². The molecule has 0 bridgehead atoms. The van der Waals surface area contributed by atoms with Crippen LogP contribution in [0.4, 0.5) is 10.1 Å². The second-order valence-corrected chi connectivity index (χ2v) is 4.46. The Balaban J connectivity index is 2.20. The number of benzene rings is 1. The van der Waals surface area contributed by atoms with Crippen LogP contribution >= 0.6 is 0 Å². The third kappa shape index (κ3) is 2.70. The van der Waals surface area contributed by atoms with Gasteiger partial charge >= 0.3 is 0 Å². The Hall–Kier alpha value is -1.42. The molecule has 1 aliphatic rings. The molecular weight excluding hydrogens is 233 g/mol. The molecular formula is C14H18FNO2. The Kier molecular flexibility index (Phi) is 4.31. The fourth-order valence-electron chi connectivity index (χ4n) is 2.45. The quantitative estimate of drug-likeness (QED) is 0.770. The van der Waals surface area contributed by atoms with Crippen LogP contribution in [0.5, 0.6) is 0 Å². The van der Waals surface area contributed by atoms with E-state index in [1.54, 1.807) is 12.1 Å². The molecule has 3 nitrogen and oxygen atoms in total. The maximum Gasteiger partial charge on any atom is 0.155 e. The van der Waals surface area contributed by atoms with Crippen molar-refractivity contribution < 1.29 is 13.9 Å². The van der Waals surface area contributed by atoms with E-state index in [2.05, 4.69) is 0 Å². The first kappa shape index (κ1) is 13.0. The zero-order chi connectivity index (χ0) is 13.0. The van der Waals surface area contributed by atoms with Gasteiger partial charge in [-0.2, -0.15) is 0 Å². The number of ether oxygens (including phenoxy) is 1. The first-order valence-corrected chi connectivity index (χ1v) is 6.36. The highest BCUT2D eigenvalue weighted by molar-refractivity contribution is 5.85. The Morgan fingerprint density at radius 3 is 3.11 bits per heavy atom. The molecule has 1 atom stereocenters. The topological polar surface area (TPSA) is 29.5 Å². The van der Waals surface area contributed by atoms with Crippen LogP contribution in [-0.4, -0.2) is 32.1 Å². The SMILES string of the molecule is CCOC1CCCN(c2cccc(F)c2C=O)C1. The van der Waals surface area contributed by atoms with Gasteiger partial charge in [0.25, 0.3) is 0 Å². The van der Waals surface area contributed by atoms with E-state index < -0.39 is 5.82 Å². The molecule has 1 aliphatic heterocycles. The van der Waals surface area contributed by atoms with Crippen molar-refractivity contribution in [2.45, 2.75) is 25.9 Å². The standard InChI is InChI=1S/C14H18FNO2/c1-2-18-11-5-4-8-16(9-11)14-7-3-6-13(15)12(14)10-17/h3,6-7,10-11H,2,4-5,8-9H2,1H3. The highest BCUT2D eigenvalue weighted by Crippen LogP contribution is 2.25. The maximum atomic E-state index is 13.6. The molecule has 1 saturated heterocycles. The number of aldehydes is 1. The van der Waals surface area contributed by atoms with Crippen LogP contribution in [0.15, 0.2) is 18.2 Å². The Morgan fingerprint density at radius 2 is 2.39 bits per heavy atom. The lowest BCUT2D eigenvalue weighted by molar-refractivity contribution is 0.0526. The number of hydrogen-bond acceptors (Lipinski definition) is 3. The van der Waals surface area contributed by atoms with E-state index >= 15 is 0 Å². The Bertz CT molecular complexity index is 420. The van der Waals surface area contributed by atoms with E-state index in [1.165, 1.54) is 6.07 Å². The Morgan fingerprint density at radius 1 is 1.56 bits per heavy atom. The molecule has 98 valence electrons. The molecule has 0 spiro atoms. The molecule has 0 aromatic heterocycles. The summed E-state index contributed by atoms with van der Waals surface area (Å²) in [7, 11) is 0. The summed E-state index contributed by atoms with van der Waals surface area (Å²) in [4.78, 5) is 13.0. The van der Waals surface area contributed by atoms with Crippen molar-refractivity contribution in [2.24, 2.45) is 0 Å². The van der Waals surface area contributed by atoms with Crippen molar-refractivity contribution in [3.05, 3.63) is 29.6 Å². The summed E-state index contributed by atoms with van der Waals surface area (Å²) in [6.45, 7) is 4.21. The normalized spacial score (nSPS) is 19.9. The third-order valence-corrected chi connectivity index (χ3v) is 3.27. The summed E-state index contributed by atoms with van der Waals surface area (Å²) in [6.07, 6.45) is 2.79. The van der Waals surface area contributed by atoms with E-state index in [1.807, 2.05) is 11.8 Å². The molecule has 0 saturated carbocycles. The van der Waals surface area contributed by atoms with Crippen LogP contribution in [-0.2, 0) is 4.74 Å². The van der Waals surface area contributed by atoms with Crippen molar-refractivity contribution in [3.8, 4) is 0 Å². The van der Waals surface area contributed by atoms with Crippen molar-refractivity contribution in [1.29, 1.82) is 0 Å². The van der Waals surface area contributed by atoms with Crippen LogP contribution in [0.25, 0.3) is 0 Å². The predicted octanol–water partition coefficient (Wildman–Crippen LogP) is 2.64. The fourth-order valence-corrected chi connectivity index (χ4v) is 2.45. The minimum Gasteiger partial charge on any atom is -0.377 e. The lowest BCUT2D eigenvalue weighted by atomic mass is 10.1. The highest BCUT2D eigenvalue weighted by atomic mass is 19.1. The van der Waals surface area contributed by atoms with Gasteiger partial charge in [-0.25, -0.2) is 4.39 Å². The van der Waals surface area contributed by atoms with Crippen molar-refractivity contribution in [1.82, 2.24) is 0 Å². The van der Waals surface area contributed by atoms with Crippen LogP contribution in [0.3, 0.4) is 0 Å². The zero-order valence-corrected chi connectivity index (χ0v) is 10.6. The number of halogens is 1. The van der Waals surface area contributed by atoms with Gasteiger partial charge in [0.1, 0.15) is 5.82 Å². The second kappa shape index (κ2) is 5.96. The molecule has 2 rings (SSSR count). The van der Waals surface area contributed by atoms with Crippen molar-refractivity contribution >= 4 is 12.0 Å². The molecule has 1 unspecified atom stereocenters. The van der Waals surface area contributed by atoms with Crippen LogP contribution in [0, 0.1) is 5.82 Å². The van der Waals surface area contributed by atoms with Gasteiger partial charge in [0.2, 0.25) is 0 Å².